The van der Waals surface area contributed by atoms with Crippen molar-refractivity contribution < 1.29 is 9.32 Å². The van der Waals surface area contributed by atoms with Gasteiger partial charge in [-0.15, -0.1) is 0 Å². The summed E-state index contributed by atoms with van der Waals surface area (Å²) in [5, 5.41) is 4.09. The molecule has 114 valence electrons. The van der Waals surface area contributed by atoms with Gasteiger partial charge in [-0.25, -0.2) is 0 Å². The lowest BCUT2D eigenvalue weighted by Gasteiger charge is -2.23. The number of nitrogens with zero attached hydrogens (tertiary/aromatic N) is 3. The standard InChI is InChI=1S/C16H23N3O2/c1-11(2)16-17-15(18-21-16)13-8-5-9-19(13)14(20)10-12-6-3-4-7-12/h3,6,11-13H,4-5,7-10H2,1-2H3. The number of carbonyl (C=O) groups is 1. The molecule has 2 aliphatic rings. The maximum Gasteiger partial charge on any atom is 0.229 e. The summed E-state index contributed by atoms with van der Waals surface area (Å²) in [5.74, 6) is 2.19. The smallest absolute Gasteiger partial charge is 0.229 e. The van der Waals surface area contributed by atoms with Crippen LogP contribution >= 0.6 is 0 Å². The van der Waals surface area contributed by atoms with Gasteiger partial charge >= 0.3 is 0 Å². The molecule has 1 amide bonds. The van der Waals surface area contributed by atoms with E-state index in [1.54, 1.807) is 0 Å². The largest absolute Gasteiger partial charge is 0.339 e. The van der Waals surface area contributed by atoms with Gasteiger partial charge in [-0.2, -0.15) is 4.98 Å². The first kappa shape index (κ1) is 14.3. The summed E-state index contributed by atoms with van der Waals surface area (Å²) in [4.78, 5) is 18.9. The molecule has 2 atom stereocenters. The minimum atomic E-state index is -0.000803. The zero-order valence-electron chi connectivity index (χ0n) is 12.8. The second-order valence-electron chi connectivity index (χ2n) is 6.36. The summed E-state index contributed by atoms with van der Waals surface area (Å²) in [5.41, 5.74) is 0. The first-order chi connectivity index (χ1) is 10.1. The van der Waals surface area contributed by atoms with E-state index < -0.39 is 0 Å². The predicted octanol–water partition coefficient (Wildman–Crippen LogP) is 3.21. The molecule has 1 aliphatic heterocycles. The highest BCUT2D eigenvalue weighted by Gasteiger charge is 2.34. The minimum Gasteiger partial charge on any atom is -0.339 e. The molecule has 0 aromatic carbocycles. The Morgan fingerprint density at radius 1 is 1.48 bits per heavy atom. The van der Waals surface area contributed by atoms with Gasteiger partial charge in [0.2, 0.25) is 11.8 Å². The molecular weight excluding hydrogens is 266 g/mol. The van der Waals surface area contributed by atoms with Crippen LogP contribution in [0.15, 0.2) is 16.7 Å². The third-order valence-electron chi connectivity index (χ3n) is 4.37. The Hall–Kier alpha value is -1.65. The number of aromatic nitrogens is 2. The fourth-order valence-corrected chi connectivity index (χ4v) is 3.16. The molecule has 1 aromatic rings. The van der Waals surface area contributed by atoms with Crippen molar-refractivity contribution in [3.63, 3.8) is 0 Å². The van der Waals surface area contributed by atoms with E-state index in [4.69, 9.17) is 4.52 Å². The number of hydrogen-bond acceptors (Lipinski definition) is 4. The normalized spacial score (nSPS) is 25.2. The average molecular weight is 289 g/mol. The molecular formula is C16H23N3O2. The Morgan fingerprint density at radius 2 is 2.33 bits per heavy atom. The number of hydrogen-bond donors (Lipinski definition) is 0. The summed E-state index contributed by atoms with van der Waals surface area (Å²) < 4.78 is 5.29. The molecule has 1 aromatic heterocycles. The highest BCUT2D eigenvalue weighted by atomic mass is 16.5. The Morgan fingerprint density at radius 3 is 3.00 bits per heavy atom. The van der Waals surface area contributed by atoms with Crippen molar-refractivity contribution in [1.29, 1.82) is 0 Å². The van der Waals surface area contributed by atoms with Gasteiger partial charge in [0.15, 0.2) is 5.82 Å². The Kier molecular flexibility index (Phi) is 4.08. The van der Waals surface area contributed by atoms with Crippen LogP contribution in [0, 0.1) is 5.92 Å². The number of likely N-dealkylation sites (tertiary alicyclic amines) is 1. The van der Waals surface area contributed by atoms with E-state index in [9.17, 15) is 4.79 Å². The maximum absolute atomic E-state index is 12.5. The second-order valence-corrected chi connectivity index (χ2v) is 6.36. The van der Waals surface area contributed by atoms with Crippen LogP contribution in [-0.4, -0.2) is 27.5 Å². The van der Waals surface area contributed by atoms with Gasteiger partial charge in [-0.1, -0.05) is 31.2 Å². The maximum atomic E-state index is 12.5. The molecule has 0 saturated carbocycles. The van der Waals surface area contributed by atoms with E-state index in [0.717, 1.165) is 32.2 Å². The molecule has 2 unspecified atom stereocenters. The summed E-state index contributed by atoms with van der Waals surface area (Å²) in [6.45, 7) is 4.87. The molecule has 5 heteroatoms. The first-order valence-corrected chi connectivity index (χ1v) is 7.94. The monoisotopic (exact) mass is 289 g/mol. The molecule has 1 fully saturated rings. The molecule has 5 nitrogen and oxygen atoms in total. The zero-order valence-corrected chi connectivity index (χ0v) is 12.8. The second kappa shape index (κ2) is 6.00. The van der Waals surface area contributed by atoms with Gasteiger partial charge in [0.1, 0.15) is 0 Å². The van der Waals surface area contributed by atoms with Crippen LogP contribution in [0.25, 0.3) is 0 Å². The van der Waals surface area contributed by atoms with Crippen molar-refractivity contribution in [3.8, 4) is 0 Å². The van der Waals surface area contributed by atoms with Gasteiger partial charge in [-0.3, -0.25) is 4.79 Å². The van der Waals surface area contributed by atoms with E-state index >= 15 is 0 Å². The van der Waals surface area contributed by atoms with Gasteiger partial charge in [0, 0.05) is 18.9 Å². The third kappa shape index (κ3) is 3.01. The lowest BCUT2D eigenvalue weighted by atomic mass is 10.0. The third-order valence-corrected chi connectivity index (χ3v) is 4.37. The number of allylic oxidation sites excluding steroid dienone is 2. The molecule has 21 heavy (non-hydrogen) atoms. The summed E-state index contributed by atoms with van der Waals surface area (Å²) >= 11 is 0. The van der Waals surface area contributed by atoms with E-state index in [0.29, 0.717) is 24.1 Å². The fraction of sp³-hybridized carbons (Fsp3) is 0.688. The summed E-state index contributed by atoms with van der Waals surface area (Å²) in [6, 6.07) is -0.000803. The molecule has 0 N–H and O–H groups in total. The quantitative estimate of drug-likeness (QED) is 0.799. The van der Waals surface area contributed by atoms with Crippen LogP contribution in [0.5, 0.6) is 0 Å². The van der Waals surface area contributed by atoms with Crippen LogP contribution in [0.2, 0.25) is 0 Å². The highest BCUT2D eigenvalue weighted by Crippen LogP contribution is 2.33. The Bertz CT molecular complexity index is 535. The molecule has 1 saturated heterocycles. The van der Waals surface area contributed by atoms with Gasteiger partial charge in [0.25, 0.3) is 0 Å². The first-order valence-electron chi connectivity index (χ1n) is 7.94. The van der Waals surface area contributed by atoms with E-state index in [1.807, 2.05) is 18.7 Å². The molecule has 1 aliphatic carbocycles. The van der Waals surface area contributed by atoms with Crippen molar-refractivity contribution in [3.05, 3.63) is 23.9 Å². The van der Waals surface area contributed by atoms with E-state index in [1.165, 1.54) is 0 Å². The minimum absolute atomic E-state index is 0.000803. The predicted molar refractivity (Wildman–Crippen MR) is 78.6 cm³/mol. The molecule has 2 heterocycles. The van der Waals surface area contributed by atoms with Crippen LogP contribution in [-0.2, 0) is 4.79 Å². The van der Waals surface area contributed by atoms with E-state index in [2.05, 4.69) is 22.3 Å². The lowest BCUT2D eigenvalue weighted by Crippen LogP contribution is -2.32. The highest BCUT2D eigenvalue weighted by molar-refractivity contribution is 5.77. The summed E-state index contributed by atoms with van der Waals surface area (Å²) in [6.07, 6.45) is 9.11. The topological polar surface area (TPSA) is 59.2 Å². The Labute approximate surface area is 125 Å². The zero-order chi connectivity index (χ0) is 14.8. The van der Waals surface area contributed by atoms with Crippen molar-refractivity contribution >= 4 is 5.91 Å². The van der Waals surface area contributed by atoms with E-state index in [-0.39, 0.29) is 17.9 Å². The van der Waals surface area contributed by atoms with Crippen LogP contribution in [0.1, 0.15) is 69.6 Å². The fourth-order valence-electron chi connectivity index (χ4n) is 3.16. The van der Waals surface area contributed by atoms with Crippen molar-refractivity contribution in [2.24, 2.45) is 5.92 Å². The van der Waals surface area contributed by atoms with Crippen molar-refractivity contribution in [2.75, 3.05) is 6.54 Å². The van der Waals surface area contributed by atoms with Crippen molar-refractivity contribution in [2.45, 2.75) is 57.9 Å². The average Bonchev–Trinajstić information content (AvgIpc) is 3.19. The van der Waals surface area contributed by atoms with Crippen molar-refractivity contribution in [1.82, 2.24) is 15.0 Å². The number of carbonyl (C=O) groups excluding carboxylic acids is 1. The molecule has 3 rings (SSSR count). The van der Waals surface area contributed by atoms with Crippen LogP contribution in [0.4, 0.5) is 0 Å². The summed E-state index contributed by atoms with van der Waals surface area (Å²) in [7, 11) is 0. The lowest BCUT2D eigenvalue weighted by molar-refractivity contribution is -0.133. The van der Waals surface area contributed by atoms with Crippen LogP contribution < -0.4 is 0 Å². The van der Waals surface area contributed by atoms with Gasteiger partial charge < -0.3 is 9.42 Å². The Balaban J connectivity index is 1.69. The van der Waals surface area contributed by atoms with Crippen LogP contribution in [0.3, 0.4) is 0 Å². The van der Waals surface area contributed by atoms with Gasteiger partial charge in [-0.05, 0) is 31.6 Å². The SMILES string of the molecule is CC(C)c1nc(C2CCCN2C(=O)CC2C=CCC2)no1. The molecule has 0 spiro atoms. The van der Waals surface area contributed by atoms with Gasteiger partial charge in [0.05, 0.1) is 6.04 Å². The number of amides is 1. The molecule has 0 bridgehead atoms. The molecule has 0 radical (unpaired) electrons. The number of rotatable bonds is 4.